The third kappa shape index (κ3) is 2.37. The van der Waals surface area contributed by atoms with E-state index in [0.29, 0.717) is 18.9 Å². The van der Waals surface area contributed by atoms with Crippen LogP contribution in [0.2, 0.25) is 0 Å². The van der Waals surface area contributed by atoms with Crippen LogP contribution in [0.4, 0.5) is 5.82 Å². The molecule has 0 spiro atoms. The van der Waals surface area contributed by atoms with Crippen molar-refractivity contribution in [1.29, 1.82) is 0 Å². The summed E-state index contributed by atoms with van der Waals surface area (Å²) in [6.07, 6.45) is 5.00. The number of carbonyl (C=O) groups is 1. The third-order valence-electron chi connectivity index (χ3n) is 3.30. The van der Waals surface area contributed by atoms with Crippen LogP contribution in [-0.2, 0) is 11.3 Å². The first-order valence-electron chi connectivity index (χ1n) is 6.17. The Hall–Kier alpha value is -1.85. The fourth-order valence-electron chi connectivity index (χ4n) is 2.41. The standard InChI is InChI=1S/C12H17N3O3/c1-2-14-7-5-13-11(12(14)18)15-6-3-4-9(15)8-10(16)17/h5,7,9H,2-4,6,8H2,1H3,(H,16,17). The highest BCUT2D eigenvalue weighted by atomic mass is 16.4. The molecule has 1 atom stereocenters. The molecule has 0 amide bonds. The topological polar surface area (TPSA) is 75.4 Å². The summed E-state index contributed by atoms with van der Waals surface area (Å²) in [5.41, 5.74) is -0.141. The Kier molecular flexibility index (Phi) is 3.64. The Morgan fingerprint density at radius 1 is 1.61 bits per heavy atom. The third-order valence-corrected chi connectivity index (χ3v) is 3.30. The second kappa shape index (κ2) is 5.20. The molecule has 0 aromatic carbocycles. The van der Waals surface area contributed by atoms with Gasteiger partial charge in [-0.1, -0.05) is 0 Å². The van der Waals surface area contributed by atoms with Gasteiger partial charge in [-0.05, 0) is 19.8 Å². The average Bonchev–Trinajstić information content (AvgIpc) is 2.76. The molecule has 1 aromatic rings. The van der Waals surface area contributed by atoms with Gasteiger partial charge in [-0.3, -0.25) is 9.59 Å². The maximum atomic E-state index is 12.1. The number of hydrogen-bond acceptors (Lipinski definition) is 4. The van der Waals surface area contributed by atoms with Crippen LogP contribution in [0.1, 0.15) is 26.2 Å². The predicted molar refractivity (Wildman–Crippen MR) is 66.8 cm³/mol. The molecule has 0 radical (unpaired) electrons. The van der Waals surface area contributed by atoms with Crippen LogP contribution in [0.25, 0.3) is 0 Å². The van der Waals surface area contributed by atoms with E-state index in [1.165, 1.54) is 0 Å². The van der Waals surface area contributed by atoms with Gasteiger partial charge in [-0.25, -0.2) is 4.98 Å². The lowest BCUT2D eigenvalue weighted by Gasteiger charge is -2.24. The molecule has 0 saturated carbocycles. The van der Waals surface area contributed by atoms with Crippen LogP contribution in [0.3, 0.4) is 0 Å². The summed E-state index contributed by atoms with van der Waals surface area (Å²) in [6, 6.07) is -0.115. The van der Waals surface area contributed by atoms with Gasteiger partial charge in [0.05, 0.1) is 6.42 Å². The number of hydrogen-bond donors (Lipinski definition) is 1. The fourth-order valence-corrected chi connectivity index (χ4v) is 2.41. The van der Waals surface area contributed by atoms with Crippen LogP contribution in [0.5, 0.6) is 0 Å². The molecule has 6 nitrogen and oxygen atoms in total. The summed E-state index contributed by atoms with van der Waals surface area (Å²) >= 11 is 0. The van der Waals surface area contributed by atoms with E-state index in [4.69, 9.17) is 5.11 Å². The van der Waals surface area contributed by atoms with E-state index >= 15 is 0 Å². The van der Waals surface area contributed by atoms with Crippen molar-refractivity contribution in [3.8, 4) is 0 Å². The van der Waals surface area contributed by atoms with Crippen molar-refractivity contribution in [2.24, 2.45) is 0 Å². The van der Waals surface area contributed by atoms with Gasteiger partial charge < -0.3 is 14.6 Å². The summed E-state index contributed by atoms with van der Waals surface area (Å²) in [5, 5.41) is 8.88. The Morgan fingerprint density at radius 3 is 3.06 bits per heavy atom. The first-order valence-corrected chi connectivity index (χ1v) is 6.17. The number of carboxylic acids is 1. The van der Waals surface area contributed by atoms with Gasteiger partial charge in [-0.15, -0.1) is 0 Å². The van der Waals surface area contributed by atoms with Crippen LogP contribution < -0.4 is 10.5 Å². The number of nitrogens with zero attached hydrogens (tertiary/aromatic N) is 3. The first kappa shape index (κ1) is 12.6. The fraction of sp³-hybridized carbons (Fsp3) is 0.583. The first-order chi connectivity index (χ1) is 8.63. The number of rotatable bonds is 4. The van der Waals surface area contributed by atoms with Gasteiger partial charge in [-0.2, -0.15) is 0 Å². The lowest BCUT2D eigenvalue weighted by molar-refractivity contribution is -0.137. The summed E-state index contributed by atoms with van der Waals surface area (Å²) in [5.74, 6) is -0.457. The van der Waals surface area contributed by atoms with Crippen LogP contribution in [0, 0.1) is 0 Å². The summed E-state index contributed by atoms with van der Waals surface area (Å²) in [6.45, 7) is 3.18. The molecule has 0 bridgehead atoms. The highest BCUT2D eigenvalue weighted by molar-refractivity contribution is 5.68. The van der Waals surface area contributed by atoms with Crippen molar-refractivity contribution in [2.75, 3.05) is 11.4 Å². The molecule has 6 heteroatoms. The highest BCUT2D eigenvalue weighted by Gasteiger charge is 2.29. The van der Waals surface area contributed by atoms with Gasteiger partial charge in [0, 0.05) is 31.5 Å². The summed E-state index contributed by atoms with van der Waals surface area (Å²) in [7, 11) is 0. The van der Waals surface area contributed by atoms with E-state index in [0.717, 1.165) is 12.8 Å². The number of aromatic nitrogens is 2. The molecule has 1 aromatic heterocycles. The molecule has 1 unspecified atom stereocenters. The van der Waals surface area contributed by atoms with Crippen molar-refractivity contribution in [1.82, 2.24) is 9.55 Å². The van der Waals surface area contributed by atoms with E-state index < -0.39 is 5.97 Å². The SMILES string of the molecule is CCn1ccnc(N2CCCC2CC(=O)O)c1=O. The average molecular weight is 251 g/mol. The van der Waals surface area contributed by atoms with E-state index in [9.17, 15) is 9.59 Å². The summed E-state index contributed by atoms with van der Waals surface area (Å²) in [4.78, 5) is 28.9. The smallest absolute Gasteiger partial charge is 0.305 e. The van der Waals surface area contributed by atoms with Crippen molar-refractivity contribution < 1.29 is 9.90 Å². The van der Waals surface area contributed by atoms with E-state index in [1.54, 1.807) is 17.0 Å². The zero-order valence-electron chi connectivity index (χ0n) is 10.4. The minimum Gasteiger partial charge on any atom is -0.481 e. The molecule has 1 N–H and O–H groups in total. The second-order valence-corrected chi connectivity index (χ2v) is 4.43. The van der Waals surface area contributed by atoms with Crippen molar-refractivity contribution in [2.45, 2.75) is 38.8 Å². The molecule has 1 saturated heterocycles. The van der Waals surface area contributed by atoms with E-state index in [-0.39, 0.29) is 18.0 Å². The number of carboxylic acid groups (broad SMARTS) is 1. The van der Waals surface area contributed by atoms with Gasteiger partial charge in [0.25, 0.3) is 5.56 Å². The van der Waals surface area contributed by atoms with Crippen LogP contribution in [0.15, 0.2) is 17.2 Å². The second-order valence-electron chi connectivity index (χ2n) is 4.43. The van der Waals surface area contributed by atoms with Gasteiger partial charge in [0.1, 0.15) is 0 Å². The molecule has 1 fully saturated rings. The highest BCUT2D eigenvalue weighted by Crippen LogP contribution is 2.23. The zero-order valence-corrected chi connectivity index (χ0v) is 10.4. The van der Waals surface area contributed by atoms with Crippen molar-refractivity contribution >= 4 is 11.8 Å². The van der Waals surface area contributed by atoms with E-state index in [2.05, 4.69) is 4.98 Å². The van der Waals surface area contributed by atoms with Crippen molar-refractivity contribution in [3.05, 3.63) is 22.7 Å². The number of aliphatic carboxylic acids is 1. The lowest BCUT2D eigenvalue weighted by atomic mass is 10.1. The molecule has 2 heterocycles. The van der Waals surface area contributed by atoms with E-state index in [1.807, 2.05) is 11.8 Å². The number of anilines is 1. The monoisotopic (exact) mass is 251 g/mol. The predicted octanol–water partition coefficient (Wildman–Crippen LogP) is 0.707. The largest absolute Gasteiger partial charge is 0.481 e. The van der Waals surface area contributed by atoms with Gasteiger partial charge >= 0.3 is 5.97 Å². The quantitative estimate of drug-likeness (QED) is 0.852. The Labute approximate surface area is 105 Å². The summed E-state index contributed by atoms with van der Waals surface area (Å²) < 4.78 is 1.58. The Balaban J connectivity index is 2.30. The van der Waals surface area contributed by atoms with Gasteiger partial charge in [0.15, 0.2) is 5.82 Å². The normalized spacial score (nSPS) is 19.2. The molecule has 2 rings (SSSR count). The Bertz CT molecular complexity index is 498. The van der Waals surface area contributed by atoms with Crippen molar-refractivity contribution in [3.63, 3.8) is 0 Å². The minimum absolute atomic E-state index is 0.0577. The molecule has 0 aliphatic carbocycles. The molecule has 98 valence electrons. The van der Waals surface area contributed by atoms with Gasteiger partial charge in [0.2, 0.25) is 0 Å². The van der Waals surface area contributed by atoms with Crippen LogP contribution >= 0.6 is 0 Å². The zero-order chi connectivity index (χ0) is 13.1. The molecule has 1 aliphatic rings. The molecular weight excluding hydrogens is 234 g/mol. The molecule has 18 heavy (non-hydrogen) atoms. The maximum Gasteiger partial charge on any atom is 0.305 e. The Morgan fingerprint density at radius 2 is 2.39 bits per heavy atom. The number of aryl methyl sites for hydroxylation is 1. The maximum absolute atomic E-state index is 12.1. The van der Waals surface area contributed by atoms with Crippen LogP contribution in [-0.4, -0.2) is 33.2 Å². The molecular formula is C12H17N3O3. The minimum atomic E-state index is -0.835. The lowest BCUT2D eigenvalue weighted by Crippen LogP contribution is -2.37. The molecule has 1 aliphatic heterocycles.